The van der Waals surface area contributed by atoms with E-state index in [1.807, 2.05) is 32.0 Å². The summed E-state index contributed by atoms with van der Waals surface area (Å²) in [6, 6.07) is 14.9. The highest BCUT2D eigenvalue weighted by Gasteiger charge is 2.31. The molecule has 40 heavy (non-hydrogen) atoms. The molecule has 2 N–H and O–H groups in total. The molecule has 3 heterocycles. The van der Waals surface area contributed by atoms with Crippen LogP contribution in [-0.4, -0.2) is 49.3 Å². The van der Waals surface area contributed by atoms with Crippen LogP contribution in [0.3, 0.4) is 0 Å². The first-order chi connectivity index (χ1) is 19.2. The molecule has 0 saturated heterocycles. The minimum atomic E-state index is -3.60. The zero-order valence-electron chi connectivity index (χ0n) is 23.5. The van der Waals surface area contributed by atoms with Gasteiger partial charge in [0.2, 0.25) is 10.0 Å². The van der Waals surface area contributed by atoms with Crippen molar-refractivity contribution in [3.8, 4) is 10.6 Å². The number of nitrogens with zero attached hydrogens (tertiary/aromatic N) is 2. The molecule has 1 amide bonds. The summed E-state index contributed by atoms with van der Waals surface area (Å²) in [6.45, 7) is 11.3. The maximum Gasteiger partial charge on any atom is 0.256 e. The summed E-state index contributed by atoms with van der Waals surface area (Å²) in [5, 5.41) is 4.91. The third-order valence-corrected chi connectivity index (χ3v) is 11.8. The van der Waals surface area contributed by atoms with Gasteiger partial charge < -0.3 is 10.2 Å². The van der Waals surface area contributed by atoms with Crippen molar-refractivity contribution in [1.29, 1.82) is 0 Å². The molecule has 0 fully saturated rings. The fourth-order valence-electron chi connectivity index (χ4n) is 5.17. The van der Waals surface area contributed by atoms with Crippen LogP contribution >= 0.6 is 22.7 Å². The largest absolute Gasteiger partial charge is 0.328 e. The van der Waals surface area contributed by atoms with Crippen molar-refractivity contribution in [2.75, 3.05) is 25.0 Å². The average molecular weight is 598 g/mol. The van der Waals surface area contributed by atoms with Crippen molar-refractivity contribution >= 4 is 53.8 Å². The van der Waals surface area contributed by atoms with Gasteiger partial charge in [-0.3, -0.25) is 4.79 Å². The lowest BCUT2D eigenvalue weighted by atomic mass is 10.0. The molecule has 1 aliphatic rings. The second-order valence-electron chi connectivity index (χ2n) is 10.5. The summed E-state index contributed by atoms with van der Waals surface area (Å²) in [5.74, 6) is -0.253. The number of benzene rings is 2. The number of unbranched alkanes of at least 4 members (excludes halogenated alkanes) is 1. The zero-order chi connectivity index (χ0) is 28.4. The van der Waals surface area contributed by atoms with Gasteiger partial charge in [-0.2, -0.15) is 4.31 Å². The summed E-state index contributed by atoms with van der Waals surface area (Å²) in [4.78, 5) is 21.4. The molecule has 0 radical (unpaired) electrons. The molecule has 10 heteroatoms. The maximum absolute atomic E-state index is 13.5. The van der Waals surface area contributed by atoms with Crippen LogP contribution in [0.1, 0.15) is 61.3 Å². The van der Waals surface area contributed by atoms with Crippen LogP contribution in [0.25, 0.3) is 20.8 Å². The number of hydrogen-bond acceptors (Lipinski definition) is 6. The number of hydrogen-bond donors (Lipinski definition) is 2. The Bertz CT molecular complexity index is 1570. The van der Waals surface area contributed by atoms with Crippen LogP contribution < -0.4 is 10.2 Å². The lowest BCUT2D eigenvalue weighted by Crippen LogP contribution is -3.14. The van der Waals surface area contributed by atoms with E-state index in [1.165, 1.54) is 26.9 Å². The second-order valence-corrected chi connectivity index (χ2v) is 14.6. The summed E-state index contributed by atoms with van der Waals surface area (Å²) >= 11 is 3.30. The van der Waals surface area contributed by atoms with E-state index in [4.69, 9.17) is 4.98 Å². The minimum Gasteiger partial charge on any atom is -0.328 e. The number of thiazole rings is 1. The Morgan fingerprint density at radius 3 is 2.52 bits per heavy atom. The van der Waals surface area contributed by atoms with Crippen molar-refractivity contribution < 1.29 is 18.1 Å². The van der Waals surface area contributed by atoms with Gasteiger partial charge in [0.1, 0.15) is 16.6 Å². The van der Waals surface area contributed by atoms with Crippen LogP contribution in [-0.2, 0) is 23.0 Å². The van der Waals surface area contributed by atoms with Crippen molar-refractivity contribution in [3.63, 3.8) is 0 Å². The highest BCUT2D eigenvalue weighted by atomic mass is 32.2. The lowest BCUT2D eigenvalue weighted by molar-refractivity contribution is -0.936. The molecule has 0 bridgehead atoms. The number of aromatic nitrogens is 1. The van der Waals surface area contributed by atoms with E-state index in [-0.39, 0.29) is 10.8 Å². The third-order valence-electron chi connectivity index (χ3n) is 7.59. The molecule has 1 aliphatic heterocycles. The van der Waals surface area contributed by atoms with Gasteiger partial charge in [0.15, 0.2) is 0 Å². The molecular formula is C30H37N4O3S3+. The molecule has 2 aromatic carbocycles. The Morgan fingerprint density at radius 2 is 1.85 bits per heavy atom. The number of amides is 1. The fraction of sp³-hybridized carbons (Fsp3) is 0.400. The van der Waals surface area contributed by atoms with Crippen LogP contribution in [0.5, 0.6) is 0 Å². The van der Waals surface area contributed by atoms with Crippen LogP contribution in [0.15, 0.2) is 53.4 Å². The monoisotopic (exact) mass is 597 g/mol. The smallest absolute Gasteiger partial charge is 0.256 e. The van der Waals surface area contributed by atoms with Crippen molar-refractivity contribution in [3.05, 3.63) is 64.5 Å². The van der Waals surface area contributed by atoms with Gasteiger partial charge in [-0.15, -0.1) is 22.7 Å². The minimum absolute atomic E-state index is 0.209. The molecule has 0 aliphatic carbocycles. The van der Waals surface area contributed by atoms with Gasteiger partial charge in [-0.25, -0.2) is 13.4 Å². The quantitative estimate of drug-likeness (QED) is 0.255. The first-order valence-electron chi connectivity index (χ1n) is 14.0. The second kappa shape index (κ2) is 12.1. The third kappa shape index (κ3) is 5.73. The van der Waals surface area contributed by atoms with Crippen LogP contribution in [0.2, 0.25) is 0 Å². The Hall–Kier alpha value is -2.63. The number of quaternary nitrogens is 1. The van der Waals surface area contributed by atoms with E-state index in [2.05, 4.69) is 25.2 Å². The Balaban J connectivity index is 1.45. The molecule has 2 aromatic heterocycles. The van der Waals surface area contributed by atoms with Gasteiger partial charge in [0, 0.05) is 30.6 Å². The topological polar surface area (TPSA) is 83.8 Å². The van der Waals surface area contributed by atoms with Gasteiger partial charge in [0.25, 0.3) is 5.91 Å². The van der Waals surface area contributed by atoms with Crippen LogP contribution in [0, 0.1) is 0 Å². The van der Waals surface area contributed by atoms with Gasteiger partial charge in [-0.1, -0.05) is 32.4 Å². The molecule has 1 atom stereocenters. The van der Waals surface area contributed by atoms with Gasteiger partial charge in [0.05, 0.1) is 32.6 Å². The highest BCUT2D eigenvalue weighted by molar-refractivity contribution is 7.89. The molecule has 7 nitrogen and oxygen atoms in total. The standard InChI is InChI=1S/C30H36N4O3S3/c1-5-7-17-34(6-2)40(36,37)22-14-12-21(13-15-22)28(35)32-30-27(29-31-24-10-8-9-11-25(24)38-29)23-16-18-33(20(3)4)19-26(23)39-30/h8-15,20H,5-7,16-19H2,1-4H3,(H,32,35)/p+1. The van der Waals surface area contributed by atoms with E-state index in [9.17, 15) is 13.2 Å². The highest BCUT2D eigenvalue weighted by Crippen LogP contribution is 2.44. The van der Waals surface area contributed by atoms with E-state index < -0.39 is 10.0 Å². The SMILES string of the molecule is CCCCN(CC)S(=O)(=O)c1ccc(C(=O)Nc2sc3c(c2-c2nc4ccccc4s2)CC[NH+](C(C)C)C3)cc1. The number of rotatable bonds is 10. The molecule has 5 rings (SSSR count). The summed E-state index contributed by atoms with van der Waals surface area (Å²) in [6.07, 6.45) is 2.68. The number of nitrogens with one attached hydrogen (secondary N) is 2. The van der Waals surface area contributed by atoms with Crippen molar-refractivity contribution in [1.82, 2.24) is 9.29 Å². The summed E-state index contributed by atoms with van der Waals surface area (Å²) in [7, 11) is -3.60. The van der Waals surface area contributed by atoms with E-state index in [0.717, 1.165) is 58.1 Å². The summed E-state index contributed by atoms with van der Waals surface area (Å²) < 4.78 is 28.9. The Morgan fingerprint density at radius 1 is 1.10 bits per heavy atom. The van der Waals surface area contributed by atoms with E-state index in [0.29, 0.717) is 24.7 Å². The number of thiophene rings is 1. The first-order valence-corrected chi connectivity index (χ1v) is 17.1. The number of carbonyl (C=O) groups excluding carboxylic acids is 1. The number of carbonyl (C=O) groups is 1. The zero-order valence-corrected chi connectivity index (χ0v) is 25.9. The molecule has 4 aromatic rings. The normalized spacial score (nSPS) is 15.6. The Labute approximate surface area is 244 Å². The number of fused-ring (bicyclic) bond motifs is 2. The number of para-hydroxylation sites is 1. The van der Waals surface area contributed by atoms with E-state index in [1.54, 1.807) is 39.7 Å². The molecule has 1 unspecified atom stereocenters. The number of sulfonamides is 1. The predicted octanol–water partition coefficient (Wildman–Crippen LogP) is 5.44. The van der Waals surface area contributed by atoms with Gasteiger partial charge >= 0.3 is 0 Å². The molecular weight excluding hydrogens is 561 g/mol. The number of anilines is 1. The van der Waals surface area contributed by atoms with Gasteiger partial charge in [-0.05, 0) is 62.2 Å². The molecule has 0 saturated carbocycles. The van der Waals surface area contributed by atoms with E-state index >= 15 is 0 Å². The molecule has 212 valence electrons. The Kier molecular flexibility index (Phi) is 8.72. The fourth-order valence-corrected chi connectivity index (χ4v) is 9.06. The maximum atomic E-state index is 13.5. The predicted molar refractivity (Wildman–Crippen MR) is 165 cm³/mol. The van der Waals surface area contributed by atoms with Crippen molar-refractivity contribution in [2.24, 2.45) is 0 Å². The first kappa shape index (κ1) is 28.9. The molecule has 0 spiro atoms. The average Bonchev–Trinajstić information content (AvgIpc) is 3.53. The lowest BCUT2D eigenvalue weighted by Gasteiger charge is -2.27. The van der Waals surface area contributed by atoms with Crippen molar-refractivity contribution in [2.45, 2.75) is 64.4 Å². The summed E-state index contributed by atoms with van der Waals surface area (Å²) in [5.41, 5.74) is 3.71. The van der Waals surface area contributed by atoms with Crippen LogP contribution in [0.4, 0.5) is 5.00 Å².